The number of hydrogen-bond donors (Lipinski definition) is 0. The van der Waals surface area contributed by atoms with E-state index >= 15 is 0 Å². The molecule has 0 unspecified atom stereocenters. The van der Waals surface area contributed by atoms with Crippen molar-refractivity contribution in [1.29, 1.82) is 0 Å². The monoisotopic (exact) mass is 265 g/mol. The average Bonchev–Trinajstić information content (AvgIpc) is 2.83. The topological polar surface area (TPSA) is 69.1 Å². The van der Waals surface area contributed by atoms with E-state index in [4.69, 9.17) is 4.52 Å². The van der Waals surface area contributed by atoms with Gasteiger partial charge in [-0.2, -0.15) is 10.1 Å². The number of aromatic nitrogens is 5. The van der Waals surface area contributed by atoms with Gasteiger partial charge in [0.05, 0.1) is 23.5 Å². The summed E-state index contributed by atoms with van der Waals surface area (Å²) in [5, 5.41) is 7.79. The van der Waals surface area contributed by atoms with Crippen LogP contribution in [0.15, 0.2) is 34.0 Å². The minimum atomic E-state index is 0.417. The highest BCUT2D eigenvalue weighted by Gasteiger charge is 2.12. The molecule has 0 aliphatic carbocycles. The molecule has 3 rings (SSSR count). The molecule has 0 radical (unpaired) electrons. The third-order valence-electron chi connectivity index (χ3n) is 1.96. The lowest BCUT2D eigenvalue weighted by Crippen LogP contribution is -1.85. The Morgan fingerprint density at radius 2 is 2.27 bits per heavy atom. The van der Waals surface area contributed by atoms with Gasteiger partial charge in [0.1, 0.15) is 0 Å². The van der Waals surface area contributed by atoms with E-state index in [1.54, 1.807) is 29.3 Å². The van der Waals surface area contributed by atoms with Crippen molar-refractivity contribution in [3.63, 3.8) is 0 Å². The number of nitrogens with zero attached hydrogens (tertiary/aromatic N) is 5. The molecule has 0 aromatic carbocycles. The third kappa shape index (κ3) is 1.32. The number of hydrogen-bond acceptors (Lipinski definition) is 5. The first kappa shape index (κ1) is 8.54. The van der Waals surface area contributed by atoms with E-state index in [0.717, 1.165) is 11.1 Å². The zero-order valence-corrected chi connectivity index (χ0v) is 8.92. The average molecular weight is 266 g/mol. The molecule has 0 saturated heterocycles. The predicted molar refractivity (Wildman–Crippen MR) is 54.0 cm³/mol. The molecule has 3 aromatic rings. The normalized spacial score (nSPS) is 11.0. The molecular formula is C8H4BrN5O. The van der Waals surface area contributed by atoms with Crippen LogP contribution in [0.1, 0.15) is 0 Å². The van der Waals surface area contributed by atoms with Crippen molar-refractivity contribution in [3.05, 3.63) is 29.5 Å². The van der Waals surface area contributed by atoms with Crippen LogP contribution in [0, 0.1) is 0 Å². The Morgan fingerprint density at radius 1 is 1.33 bits per heavy atom. The maximum absolute atomic E-state index is 5.03. The maximum Gasteiger partial charge on any atom is 0.262 e. The summed E-state index contributed by atoms with van der Waals surface area (Å²) < 4.78 is 7.14. The van der Waals surface area contributed by atoms with Crippen molar-refractivity contribution in [3.8, 4) is 11.5 Å². The van der Waals surface area contributed by atoms with Crippen LogP contribution in [0.2, 0.25) is 0 Å². The van der Waals surface area contributed by atoms with Crippen molar-refractivity contribution >= 4 is 21.4 Å². The van der Waals surface area contributed by atoms with Gasteiger partial charge in [-0.15, -0.1) is 0 Å². The van der Waals surface area contributed by atoms with Gasteiger partial charge < -0.3 is 4.52 Å². The summed E-state index contributed by atoms with van der Waals surface area (Å²) in [5.74, 6) is 0.421. The lowest BCUT2D eigenvalue weighted by atomic mass is 10.3. The van der Waals surface area contributed by atoms with Gasteiger partial charge >= 0.3 is 0 Å². The van der Waals surface area contributed by atoms with Crippen LogP contribution < -0.4 is 0 Å². The first-order valence-corrected chi connectivity index (χ1v) is 4.91. The molecule has 0 aliphatic heterocycles. The highest BCUT2D eigenvalue weighted by molar-refractivity contribution is 9.10. The molecule has 6 nitrogen and oxygen atoms in total. The van der Waals surface area contributed by atoms with Crippen LogP contribution in [0.3, 0.4) is 0 Å². The lowest BCUT2D eigenvalue weighted by molar-refractivity contribution is 0.426. The molecule has 7 heteroatoms. The largest absolute Gasteiger partial charge is 0.333 e. The lowest BCUT2D eigenvalue weighted by Gasteiger charge is -1.91. The fourth-order valence-corrected chi connectivity index (χ4v) is 1.55. The molecular weight excluding hydrogens is 262 g/mol. The van der Waals surface area contributed by atoms with Crippen LogP contribution >= 0.6 is 15.9 Å². The molecule has 3 aromatic heterocycles. The summed E-state index contributed by atoms with van der Waals surface area (Å²) in [6.07, 6.45) is 6.77. The molecule has 74 valence electrons. The van der Waals surface area contributed by atoms with E-state index in [1.165, 1.54) is 0 Å². The van der Waals surface area contributed by atoms with E-state index in [0.29, 0.717) is 10.6 Å². The molecule has 0 fully saturated rings. The molecule has 0 amide bonds. The van der Waals surface area contributed by atoms with Crippen molar-refractivity contribution in [2.45, 2.75) is 0 Å². The van der Waals surface area contributed by atoms with Crippen molar-refractivity contribution in [1.82, 2.24) is 24.7 Å². The van der Waals surface area contributed by atoms with Gasteiger partial charge in [-0.25, -0.2) is 4.52 Å². The van der Waals surface area contributed by atoms with Gasteiger partial charge in [-0.3, -0.25) is 4.98 Å². The van der Waals surface area contributed by atoms with Crippen LogP contribution in [0.4, 0.5) is 0 Å². The predicted octanol–water partition coefficient (Wildman–Crippen LogP) is 1.54. The van der Waals surface area contributed by atoms with Crippen molar-refractivity contribution in [2.75, 3.05) is 0 Å². The standard InChI is InChI=1S/C8H4BrN5O/c9-8-12-7(15-13-8)5-3-11-14-2-1-10-4-6(5)14/h1-4H. The highest BCUT2D eigenvalue weighted by atomic mass is 79.9. The molecule has 0 saturated carbocycles. The molecule has 0 bridgehead atoms. The Balaban J connectivity index is 2.27. The van der Waals surface area contributed by atoms with Crippen LogP contribution in [0.25, 0.3) is 17.0 Å². The summed E-state index contributed by atoms with van der Waals surface area (Å²) in [6.45, 7) is 0. The Kier molecular flexibility index (Phi) is 1.78. The SMILES string of the molecule is Brc1noc(-c2cnn3ccncc23)n1. The molecule has 0 N–H and O–H groups in total. The van der Waals surface area contributed by atoms with Gasteiger partial charge in [-0.05, 0) is 21.1 Å². The second-order valence-corrected chi connectivity index (χ2v) is 3.54. The smallest absolute Gasteiger partial charge is 0.262 e. The Morgan fingerprint density at radius 3 is 3.07 bits per heavy atom. The van der Waals surface area contributed by atoms with Crippen LogP contribution in [-0.2, 0) is 0 Å². The van der Waals surface area contributed by atoms with Gasteiger partial charge in [0, 0.05) is 12.4 Å². The first-order valence-electron chi connectivity index (χ1n) is 4.11. The van der Waals surface area contributed by atoms with Crippen molar-refractivity contribution < 1.29 is 4.52 Å². The minimum Gasteiger partial charge on any atom is -0.333 e. The Hall–Kier alpha value is -1.76. The number of rotatable bonds is 1. The zero-order valence-electron chi connectivity index (χ0n) is 7.33. The third-order valence-corrected chi connectivity index (χ3v) is 2.28. The van der Waals surface area contributed by atoms with E-state index in [1.807, 2.05) is 0 Å². The van der Waals surface area contributed by atoms with Crippen LogP contribution in [-0.4, -0.2) is 24.7 Å². The van der Waals surface area contributed by atoms with E-state index < -0.39 is 0 Å². The van der Waals surface area contributed by atoms with Crippen LogP contribution in [0.5, 0.6) is 0 Å². The second kappa shape index (κ2) is 3.13. The van der Waals surface area contributed by atoms with Gasteiger partial charge in [0.25, 0.3) is 5.89 Å². The fraction of sp³-hybridized carbons (Fsp3) is 0. The minimum absolute atomic E-state index is 0.417. The highest BCUT2D eigenvalue weighted by Crippen LogP contribution is 2.22. The van der Waals surface area contributed by atoms with E-state index in [-0.39, 0.29) is 0 Å². The number of halogens is 1. The molecule has 15 heavy (non-hydrogen) atoms. The summed E-state index contributed by atoms with van der Waals surface area (Å²) in [4.78, 5) is 8.08. The summed E-state index contributed by atoms with van der Waals surface area (Å²) in [5.41, 5.74) is 1.59. The summed E-state index contributed by atoms with van der Waals surface area (Å²) >= 11 is 3.12. The summed E-state index contributed by atoms with van der Waals surface area (Å²) in [6, 6.07) is 0. The molecule has 0 atom stereocenters. The van der Waals surface area contributed by atoms with Gasteiger partial charge in [-0.1, -0.05) is 0 Å². The van der Waals surface area contributed by atoms with Gasteiger partial charge in [0.15, 0.2) is 0 Å². The maximum atomic E-state index is 5.03. The fourth-order valence-electron chi connectivity index (χ4n) is 1.31. The first-order chi connectivity index (χ1) is 7.34. The Bertz CT molecular complexity index is 616. The number of fused-ring (bicyclic) bond motifs is 1. The molecule has 0 spiro atoms. The summed E-state index contributed by atoms with van der Waals surface area (Å²) in [7, 11) is 0. The zero-order chi connectivity index (χ0) is 10.3. The quantitative estimate of drug-likeness (QED) is 0.668. The second-order valence-electron chi connectivity index (χ2n) is 2.83. The van der Waals surface area contributed by atoms with E-state index in [9.17, 15) is 0 Å². The molecule has 0 aliphatic rings. The van der Waals surface area contributed by atoms with E-state index in [2.05, 4.69) is 36.2 Å². The molecule has 3 heterocycles. The van der Waals surface area contributed by atoms with Gasteiger partial charge in [0.2, 0.25) is 4.73 Å². The Labute approximate surface area is 92.1 Å². The van der Waals surface area contributed by atoms with Crippen molar-refractivity contribution in [2.24, 2.45) is 0 Å².